The quantitative estimate of drug-likeness (QED) is 0.649. The molecule has 0 unspecified atom stereocenters. The molecule has 0 aliphatic heterocycles. The summed E-state index contributed by atoms with van der Waals surface area (Å²) in [5.41, 5.74) is 0.403. The molecule has 2 aromatic heterocycles. The molecule has 2 aromatic rings. The molecule has 0 atom stereocenters. The first-order valence-corrected chi connectivity index (χ1v) is 3.17. The Morgan fingerprint density at radius 2 is 2.25 bits per heavy atom. The van der Waals surface area contributed by atoms with Crippen LogP contribution in [-0.2, 0) is 0 Å². The van der Waals surface area contributed by atoms with Gasteiger partial charge in [0.05, 0.1) is 0 Å². The summed E-state index contributed by atoms with van der Waals surface area (Å²) in [6.07, 6.45) is 1.52. The summed E-state index contributed by atoms with van der Waals surface area (Å²) in [6.45, 7) is 0. The Kier molecular flexibility index (Phi) is 1.44. The van der Waals surface area contributed by atoms with Gasteiger partial charge in [0.1, 0.15) is 5.69 Å². The number of aromatic nitrogens is 4. The number of aromatic hydroxyl groups is 1. The number of nitrogens with zero attached hydrogens (tertiary/aromatic N) is 4. The first kappa shape index (κ1) is 6.71. The summed E-state index contributed by atoms with van der Waals surface area (Å²) < 4.78 is 4.64. The van der Waals surface area contributed by atoms with Crippen molar-refractivity contribution < 1.29 is 9.63 Å². The Balaban J connectivity index is 2.51. The molecule has 0 fully saturated rings. The zero-order chi connectivity index (χ0) is 8.39. The molecule has 0 aromatic carbocycles. The van der Waals surface area contributed by atoms with E-state index in [4.69, 9.17) is 5.11 Å². The van der Waals surface area contributed by atoms with E-state index < -0.39 is 0 Å². The lowest BCUT2D eigenvalue weighted by atomic mass is 10.3. The van der Waals surface area contributed by atoms with Crippen molar-refractivity contribution in [1.29, 1.82) is 0 Å². The van der Waals surface area contributed by atoms with Gasteiger partial charge in [-0.25, -0.2) is 0 Å². The molecule has 1 N–H and O–H groups in total. The summed E-state index contributed by atoms with van der Waals surface area (Å²) in [4.78, 5) is 0. The molecule has 2 rings (SSSR count). The van der Waals surface area contributed by atoms with Crippen LogP contribution in [0, 0.1) is 0 Å². The van der Waals surface area contributed by atoms with Gasteiger partial charge in [-0.1, -0.05) is 5.10 Å². The average Bonchev–Trinajstić information content (AvgIpc) is 2.53. The van der Waals surface area contributed by atoms with Crippen molar-refractivity contribution in [1.82, 2.24) is 20.6 Å². The summed E-state index contributed by atoms with van der Waals surface area (Å²) in [5, 5.41) is 22.8. The standard InChI is InChI=1S/C6H4N4O2/c11-6-5(12-10-9-6)4-2-1-3-7-8-4/h1-3,11H. The zero-order valence-corrected chi connectivity index (χ0v) is 5.88. The monoisotopic (exact) mass is 164 g/mol. The first-order valence-electron chi connectivity index (χ1n) is 3.17. The molecule has 0 aliphatic rings. The van der Waals surface area contributed by atoms with E-state index in [0.717, 1.165) is 0 Å². The van der Waals surface area contributed by atoms with E-state index in [1.807, 2.05) is 0 Å². The zero-order valence-electron chi connectivity index (χ0n) is 5.88. The van der Waals surface area contributed by atoms with Gasteiger partial charge < -0.3 is 9.63 Å². The van der Waals surface area contributed by atoms with Crippen molar-refractivity contribution >= 4 is 0 Å². The Labute approximate surface area is 66.8 Å². The fourth-order valence-corrected chi connectivity index (χ4v) is 0.770. The van der Waals surface area contributed by atoms with Gasteiger partial charge in [0.15, 0.2) is 0 Å². The Morgan fingerprint density at radius 1 is 1.33 bits per heavy atom. The SMILES string of the molecule is Oc1nnoc1-c1cccnn1. The second-order valence-electron chi connectivity index (χ2n) is 2.03. The van der Waals surface area contributed by atoms with E-state index in [1.165, 1.54) is 6.20 Å². The van der Waals surface area contributed by atoms with Crippen LogP contribution in [0.5, 0.6) is 5.88 Å². The molecule has 0 bridgehead atoms. The van der Waals surface area contributed by atoms with Crippen LogP contribution in [0.1, 0.15) is 0 Å². The fraction of sp³-hybridized carbons (Fsp3) is 0. The third-order valence-electron chi connectivity index (χ3n) is 1.28. The summed E-state index contributed by atoms with van der Waals surface area (Å²) >= 11 is 0. The summed E-state index contributed by atoms with van der Waals surface area (Å²) in [6, 6.07) is 3.30. The highest BCUT2D eigenvalue weighted by molar-refractivity contribution is 5.55. The predicted octanol–water partition coefficient (Wildman–Crippen LogP) is 0.232. The molecule has 0 aliphatic carbocycles. The van der Waals surface area contributed by atoms with Gasteiger partial charge in [0.25, 0.3) is 11.6 Å². The van der Waals surface area contributed by atoms with Crippen LogP contribution in [0.25, 0.3) is 11.5 Å². The Bertz CT molecular complexity index is 372. The third kappa shape index (κ3) is 0.986. The van der Waals surface area contributed by atoms with Crippen LogP contribution in [0.15, 0.2) is 22.9 Å². The van der Waals surface area contributed by atoms with Crippen molar-refractivity contribution in [3.05, 3.63) is 18.3 Å². The smallest absolute Gasteiger partial charge is 0.283 e. The van der Waals surface area contributed by atoms with Gasteiger partial charge in [0, 0.05) is 11.5 Å². The van der Waals surface area contributed by atoms with Crippen LogP contribution >= 0.6 is 0 Å². The molecule has 0 saturated heterocycles. The van der Waals surface area contributed by atoms with E-state index in [9.17, 15) is 0 Å². The van der Waals surface area contributed by atoms with Gasteiger partial charge in [0.2, 0.25) is 0 Å². The summed E-state index contributed by atoms with van der Waals surface area (Å²) in [5.74, 6) is -0.154. The lowest BCUT2D eigenvalue weighted by Gasteiger charge is -1.89. The molecule has 2 heterocycles. The Morgan fingerprint density at radius 3 is 2.83 bits per heavy atom. The minimum atomic E-state index is -0.282. The van der Waals surface area contributed by atoms with Crippen molar-refractivity contribution in [3.63, 3.8) is 0 Å². The minimum absolute atomic E-state index is 0.128. The number of hydrogen-bond donors (Lipinski definition) is 1. The largest absolute Gasteiger partial charge is 0.489 e. The van der Waals surface area contributed by atoms with E-state index >= 15 is 0 Å². The van der Waals surface area contributed by atoms with Gasteiger partial charge >= 0.3 is 0 Å². The van der Waals surface area contributed by atoms with E-state index in [2.05, 4.69) is 25.1 Å². The third-order valence-corrected chi connectivity index (χ3v) is 1.28. The second-order valence-corrected chi connectivity index (χ2v) is 2.03. The molecular formula is C6H4N4O2. The molecule has 6 nitrogen and oxygen atoms in total. The highest BCUT2D eigenvalue weighted by atomic mass is 16.5. The summed E-state index contributed by atoms with van der Waals surface area (Å²) in [7, 11) is 0. The molecular weight excluding hydrogens is 160 g/mol. The maximum Gasteiger partial charge on any atom is 0.283 e. The highest BCUT2D eigenvalue weighted by Gasteiger charge is 2.11. The molecule has 0 spiro atoms. The fourth-order valence-electron chi connectivity index (χ4n) is 0.770. The Hall–Kier alpha value is -1.98. The lowest BCUT2D eigenvalue weighted by molar-refractivity contribution is 0.402. The highest BCUT2D eigenvalue weighted by Crippen LogP contribution is 2.22. The molecule has 0 radical (unpaired) electrons. The molecule has 6 heteroatoms. The van der Waals surface area contributed by atoms with Gasteiger partial charge in [-0.05, 0) is 12.1 Å². The van der Waals surface area contributed by atoms with Crippen LogP contribution < -0.4 is 0 Å². The molecule has 60 valence electrons. The van der Waals surface area contributed by atoms with E-state index in [0.29, 0.717) is 5.69 Å². The molecule has 0 amide bonds. The maximum atomic E-state index is 9.07. The predicted molar refractivity (Wildman–Crippen MR) is 37.0 cm³/mol. The van der Waals surface area contributed by atoms with Crippen molar-refractivity contribution in [2.45, 2.75) is 0 Å². The van der Waals surface area contributed by atoms with Crippen molar-refractivity contribution in [3.8, 4) is 17.3 Å². The first-order chi connectivity index (χ1) is 5.88. The molecule has 12 heavy (non-hydrogen) atoms. The van der Waals surface area contributed by atoms with Gasteiger partial charge in [-0.3, -0.25) is 0 Å². The van der Waals surface area contributed by atoms with Gasteiger partial charge in [-0.2, -0.15) is 5.10 Å². The molecule has 0 saturated carbocycles. The van der Waals surface area contributed by atoms with Crippen molar-refractivity contribution in [2.75, 3.05) is 0 Å². The van der Waals surface area contributed by atoms with Crippen LogP contribution in [0.3, 0.4) is 0 Å². The second kappa shape index (κ2) is 2.57. The minimum Gasteiger partial charge on any atom is -0.489 e. The maximum absolute atomic E-state index is 9.07. The van der Waals surface area contributed by atoms with E-state index in [1.54, 1.807) is 12.1 Å². The topological polar surface area (TPSA) is 84.9 Å². The van der Waals surface area contributed by atoms with E-state index in [-0.39, 0.29) is 11.6 Å². The number of rotatable bonds is 1. The van der Waals surface area contributed by atoms with Crippen LogP contribution in [0.4, 0.5) is 0 Å². The van der Waals surface area contributed by atoms with Crippen molar-refractivity contribution in [2.24, 2.45) is 0 Å². The van der Waals surface area contributed by atoms with Crippen LogP contribution in [0.2, 0.25) is 0 Å². The van der Waals surface area contributed by atoms with Gasteiger partial charge in [-0.15, -0.1) is 5.10 Å². The normalized spacial score (nSPS) is 10.0. The lowest BCUT2D eigenvalue weighted by Crippen LogP contribution is -1.83. The average molecular weight is 164 g/mol. The number of hydrogen-bond acceptors (Lipinski definition) is 6. The van der Waals surface area contributed by atoms with Crippen LogP contribution in [-0.4, -0.2) is 25.7 Å².